The molecule has 2 aromatic heterocycles. The smallest absolute Gasteiger partial charge is 0.298 e. The fourth-order valence-electron chi connectivity index (χ4n) is 1.67. The zero-order chi connectivity index (χ0) is 16.5. The molecule has 3 nitrogen and oxygen atoms in total. The standard InChI is InChI=1S/C13H6F6N2O/c14-12(15,16)10-4-2-7(5-20-10)9-3-1-8(6-22)11(21-9)13(17,18)19/h1-6H. The van der Waals surface area contributed by atoms with Gasteiger partial charge in [0.2, 0.25) is 0 Å². The molecule has 0 unspecified atom stereocenters. The van der Waals surface area contributed by atoms with E-state index in [0.29, 0.717) is 6.07 Å². The molecule has 0 saturated carbocycles. The Morgan fingerprint density at radius 3 is 2.05 bits per heavy atom. The maximum absolute atomic E-state index is 12.8. The first-order valence-corrected chi connectivity index (χ1v) is 5.70. The highest BCUT2D eigenvalue weighted by Gasteiger charge is 2.36. The first-order valence-electron chi connectivity index (χ1n) is 5.70. The molecule has 0 aliphatic rings. The van der Waals surface area contributed by atoms with Gasteiger partial charge in [-0.15, -0.1) is 0 Å². The van der Waals surface area contributed by atoms with Crippen molar-refractivity contribution in [2.45, 2.75) is 12.4 Å². The Kier molecular flexibility index (Phi) is 3.90. The van der Waals surface area contributed by atoms with Crippen molar-refractivity contribution in [3.63, 3.8) is 0 Å². The summed E-state index contributed by atoms with van der Waals surface area (Å²) in [5.74, 6) is 0. The third-order valence-corrected chi connectivity index (χ3v) is 2.67. The third-order valence-electron chi connectivity index (χ3n) is 2.67. The van der Waals surface area contributed by atoms with Crippen molar-refractivity contribution in [2.24, 2.45) is 0 Å². The Balaban J connectivity index is 2.48. The first-order chi connectivity index (χ1) is 10.1. The van der Waals surface area contributed by atoms with Gasteiger partial charge < -0.3 is 0 Å². The van der Waals surface area contributed by atoms with E-state index in [2.05, 4.69) is 9.97 Å². The molecule has 9 heteroatoms. The van der Waals surface area contributed by atoms with Gasteiger partial charge in [-0.3, -0.25) is 9.78 Å². The second kappa shape index (κ2) is 5.39. The largest absolute Gasteiger partial charge is 0.434 e. The number of halogens is 6. The van der Waals surface area contributed by atoms with Crippen molar-refractivity contribution >= 4 is 6.29 Å². The number of hydrogen-bond donors (Lipinski definition) is 0. The van der Waals surface area contributed by atoms with Crippen LogP contribution in [0.15, 0.2) is 30.5 Å². The summed E-state index contributed by atoms with van der Waals surface area (Å²) in [6.45, 7) is 0. The molecule has 0 N–H and O–H groups in total. The molecular formula is C13H6F6N2O. The second-order valence-electron chi connectivity index (χ2n) is 4.18. The van der Waals surface area contributed by atoms with Crippen LogP contribution in [-0.2, 0) is 12.4 Å². The van der Waals surface area contributed by atoms with Crippen LogP contribution >= 0.6 is 0 Å². The van der Waals surface area contributed by atoms with Gasteiger partial charge in [-0.2, -0.15) is 26.3 Å². The van der Waals surface area contributed by atoms with Crippen LogP contribution in [0.25, 0.3) is 11.3 Å². The fourth-order valence-corrected chi connectivity index (χ4v) is 1.67. The van der Waals surface area contributed by atoms with Crippen LogP contribution in [0.1, 0.15) is 21.7 Å². The molecule has 0 amide bonds. The molecule has 0 aliphatic heterocycles. The first kappa shape index (κ1) is 15.9. The lowest BCUT2D eigenvalue weighted by Gasteiger charge is -2.11. The Bertz CT molecular complexity index is 691. The Morgan fingerprint density at radius 1 is 0.909 bits per heavy atom. The summed E-state index contributed by atoms with van der Waals surface area (Å²) in [6, 6.07) is 3.59. The molecular weight excluding hydrogens is 314 g/mol. The topological polar surface area (TPSA) is 42.9 Å². The van der Waals surface area contributed by atoms with E-state index in [1.54, 1.807) is 0 Å². The zero-order valence-electron chi connectivity index (χ0n) is 10.5. The van der Waals surface area contributed by atoms with E-state index >= 15 is 0 Å². The van der Waals surface area contributed by atoms with Gasteiger partial charge in [-0.25, -0.2) is 4.98 Å². The monoisotopic (exact) mass is 320 g/mol. The van der Waals surface area contributed by atoms with Crippen LogP contribution < -0.4 is 0 Å². The number of carbonyl (C=O) groups excluding carboxylic acids is 1. The van der Waals surface area contributed by atoms with Gasteiger partial charge in [-0.05, 0) is 24.3 Å². The summed E-state index contributed by atoms with van der Waals surface area (Å²) < 4.78 is 75.4. The van der Waals surface area contributed by atoms with Gasteiger partial charge >= 0.3 is 12.4 Å². The Labute approximate surface area is 119 Å². The molecule has 2 heterocycles. The summed E-state index contributed by atoms with van der Waals surface area (Å²) in [6.07, 6.45) is -8.73. The Hall–Kier alpha value is -2.45. The quantitative estimate of drug-likeness (QED) is 0.620. The number of pyridine rings is 2. The normalized spacial score (nSPS) is 12.3. The van der Waals surface area contributed by atoms with E-state index in [9.17, 15) is 31.1 Å². The lowest BCUT2D eigenvalue weighted by atomic mass is 10.1. The molecule has 0 atom stereocenters. The fraction of sp³-hybridized carbons (Fsp3) is 0.154. The molecule has 22 heavy (non-hydrogen) atoms. The van der Waals surface area contributed by atoms with Crippen molar-refractivity contribution in [2.75, 3.05) is 0 Å². The molecule has 0 radical (unpaired) electrons. The molecule has 2 aromatic rings. The van der Waals surface area contributed by atoms with Crippen molar-refractivity contribution in [3.05, 3.63) is 47.4 Å². The lowest BCUT2D eigenvalue weighted by molar-refractivity contribution is -0.141. The van der Waals surface area contributed by atoms with Crippen LogP contribution in [0.3, 0.4) is 0 Å². The summed E-state index contributed by atoms with van der Waals surface area (Å²) in [5.41, 5.74) is -3.50. The molecule has 0 bridgehead atoms. The number of hydrogen-bond acceptors (Lipinski definition) is 3. The average Bonchev–Trinajstić information content (AvgIpc) is 2.45. The van der Waals surface area contributed by atoms with Gasteiger partial charge in [0.25, 0.3) is 0 Å². The van der Waals surface area contributed by atoms with Gasteiger partial charge in [0.15, 0.2) is 12.0 Å². The SMILES string of the molecule is O=Cc1ccc(-c2ccc(C(F)(F)F)nc2)nc1C(F)(F)F. The maximum Gasteiger partial charge on any atom is 0.434 e. The molecule has 0 aromatic carbocycles. The predicted octanol–water partition coefficient (Wildman–Crippen LogP) is 3.99. The molecule has 2 rings (SSSR count). The number of aromatic nitrogens is 2. The summed E-state index contributed by atoms with van der Waals surface area (Å²) in [4.78, 5) is 17.0. The van der Waals surface area contributed by atoms with Crippen LogP contribution in [0.5, 0.6) is 0 Å². The second-order valence-corrected chi connectivity index (χ2v) is 4.18. The van der Waals surface area contributed by atoms with E-state index in [0.717, 1.165) is 24.4 Å². The minimum absolute atomic E-state index is 0.00457. The number of carbonyl (C=O) groups is 1. The number of nitrogens with zero attached hydrogens (tertiary/aromatic N) is 2. The van der Waals surface area contributed by atoms with Crippen molar-refractivity contribution in [1.29, 1.82) is 0 Å². The highest BCUT2D eigenvalue weighted by molar-refractivity contribution is 5.78. The molecule has 116 valence electrons. The van der Waals surface area contributed by atoms with Crippen molar-refractivity contribution < 1.29 is 31.1 Å². The minimum Gasteiger partial charge on any atom is -0.298 e. The zero-order valence-corrected chi connectivity index (χ0v) is 10.5. The van der Waals surface area contributed by atoms with E-state index in [4.69, 9.17) is 0 Å². The molecule has 0 saturated heterocycles. The molecule has 0 spiro atoms. The van der Waals surface area contributed by atoms with Crippen LogP contribution in [0.4, 0.5) is 26.3 Å². The van der Waals surface area contributed by atoms with Crippen LogP contribution in [0, 0.1) is 0 Å². The van der Waals surface area contributed by atoms with Crippen molar-refractivity contribution in [1.82, 2.24) is 9.97 Å². The summed E-state index contributed by atoms with van der Waals surface area (Å²) in [5, 5.41) is 0. The van der Waals surface area contributed by atoms with Gasteiger partial charge in [-0.1, -0.05) is 0 Å². The summed E-state index contributed by atoms with van der Waals surface area (Å²) in [7, 11) is 0. The molecule has 0 fully saturated rings. The van der Waals surface area contributed by atoms with E-state index in [1.165, 1.54) is 0 Å². The van der Waals surface area contributed by atoms with Gasteiger partial charge in [0.1, 0.15) is 5.69 Å². The predicted molar refractivity (Wildman–Crippen MR) is 62.9 cm³/mol. The van der Waals surface area contributed by atoms with Crippen LogP contribution in [0.2, 0.25) is 0 Å². The van der Waals surface area contributed by atoms with Crippen LogP contribution in [-0.4, -0.2) is 16.3 Å². The van der Waals surface area contributed by atoms with E-state index in [1.807, 2.05) is 0 Å². The maximum atomic E-state index is 12.8. The third kappa shape index (κ3) is 3.23. The number of rotatable bonds is 2. The number of aldehydes is 1. The highest BCUT2D eigenvalue weighted by atomic mass is 19.4. The average molecular weight is 320 g/mol. The Morgan fingerprint density at radius 2 is 1.59 bits per heavy atom. The number of alkyl halides is 6. The lowest BCUT2D eigenvalue weighted by Crippen LogP contribution is -2.12. The molecule has 0 aliphatic carbocycles. The van der Waals surface area contributed by atoms with Crippen molar-refractivity contribution in [3.8, 4) is 11.3 Å². The van der Waals surface area contributed by atoms with E-state index < -0.39 is 29.3 Å². The minimum atomic E-state index is -4.86. The van der Waals surface area contributed by atoms with Gasteiger partial charge in [0.05, 0.1) is 5.69 Å². The summed E-state index contributed by atoms with van der Waals surface area (Å²) >= 11 is 0. The highest BCUT2D eigenvalue weighted by Crippen LogP contribution is 2.32. The van der Waals surface area contributed by atoms with E-state index in [-0.39, 0.29) is 17.5 Å². The van der Waals surface area contributed by atoms with Gasteiger partial charge in [0, 0.05) is 17.3 Å².